The van der Waals surface area contributed by atoms with Gasteiger partial charge in [0, 0.05) is 11.4 Å². The Bertz CT molecular complexity index is 660. The molecule has 2 N–H and O–H groups in total. The lowest BCUT2D eigenvalue weighted by molar-refractivity contribution is 0.0222. The van der Waals surface area contributed by atoms with Crippen LogP contribution < -0.4 is 4.72 Å². The Labute approximate surface area is 126 Å². The van der Waals surface area contributed by atoms with Crippen molar-refractivity contribution in [3.63, 3.8) is 0 Å². The molecular formula is C13H15NO3S3. The lowest BCUT2D eigenvalue weighted by Gasteiger charge is -2.27. The van der Waals surface area contributed by atoms with Gasteiger partial charge in [0.2, 0.25) is 10.0 Å². The van der Waals surface area contributed by atoms with E-state index in [-0.39, 0.29) is 16.7 Å². The van der Waals surface area contributed by atoms with Crippen LogP contribution in [0.1, 0.15) is 17.7 Å². The first-order chi connectivity index (χ1) is 9.52. The molecular weight excluding hydrogens is 314 g/mol. The predicted octanol–water partition coefficient (Wildman–Crippen LogP) is 2.39. The highest BCUT2D eigenvalue weighted by Crippen LogP contribution is 2.46. The van der Waals surface area contributed by atoms with E-state index >= 15 is 0 Å². The average Bonchev–Trinajstić information content (AvgIpc) is 2.96. The van der Waals surface area contributed by atoms with Crippen LogP contribution in [0.15, 0.2) is 39.2 Å². The van der Waals surface area contributed by atoms with Crippen molar-refractivity contribution in [3.05, 3.63) is 39.9 Å². The van der Waals surface area contributed by atoms with Gasteiger partial charge in [0.25, 0.3) is 0 Å². The molecule has 1 saturated carbocycles. The van der Waals surface area contributed by atoms with E-state index in [9.17, 15) is 13.5 Å². The van der Waals surface area contributed by atoms with Crippen LogP contribution in [0.25, 0.3) is 0 Å². The fourth-order valence-electron chi connectivity index (χ4n) is 2.21. The van der Waals surface area contributed by atoms with Crippen molar-refractivity contribution in [2.45, 2.75) is 22.7 Å². The summed E-state index contributed by atoms with van der Waals surface area (Å²) in [5.41, 5.74) is -1.08. The number of rotatable bonds is 6. The zero-order chi connectivity index (χ0) is 14.2. The van der Waals surface area contributed by atoms with Gasteiger partial charge < -0.3 is 5.11 Å². The van der Waals surface area contributed by atoms with Crippen molar-refractivity contribution in [2.24, 2.45) is 5.92 Å². The van der Waals surface area contributed by atoms with Crippen LogP contribution in [0.3, 0.4) is 0 Å². The molecule has 3 rings (SSSR count). The molecule has 0 amide bonds. The Morgan fingerprint density at radius 2 is 1.95 bits per heavy atom. The molecule has 0 unspecified atom stereocenters. The van der Waals surface area contributed by atoms with E-state index in [1.807, 2.05) is 17.5 Å². The minimum atomic E-state index is -3.53. The molecule has 0 spiro atoms. The maximum absolute atomic E-state index is 12.1. The van der Waals surface area contributed by atoms with E-state index in [0.29, 0.717) is 0 Å². The Kier molecular flexibility index (Phi) is 3.72. The first-order valence-electron chi connectivity index (χ1n) is 6.32. The molecule has 2 heterocycles. The SMILES string of the molecule is O=S(=O)(NC[C@@](O)(c1cccs1)C1CC1)c1cccs1. The van der Waals surface area contributed by atoms with Gasteiger partial charge in [-0.1, -0.05) is 12.1 Å². The smallest absolute Gasteiger partial charge is 0.250 e. The van der Waals surface area contributed by atoms with Gasteiger partial charge in [-0.2, -0.15) is 0 Å². The van der Waals surface area contributed by atoms with Crippen LogP contribution in [0.2, 0.25) is 0 Å². The van der Waals surface area contributed by atoms with Gasteiger partial charge in [-0.05, 0) is 41.7 Å². The quantitative estimate of drug-likeness (QED) is 0.855. The highest BCUT2D eigenvalue weighted by Gasteiger charge is 2.46. The third-order valence-electron chi connectivity index (χ3n) is 3.49. The molecule has 0 aliphatic heterocycles. The molecule has 0 bridgehead atoms. The third-order valence-corrected chi connectivity index (χ3v) is 7.33. The summed E-state index contributed by atoms with van der Waals surface area (Å²) in [6.45, 7) is 0.0262. The summed E-state index contributed by atoms with van der Waals surface area (Å²) in [5.74, 6) is 0.146. The van der Waals surface area contributed by atoms with Crippen LogP contribution in [-0.4, -0.2) is 20.1 Å². The minimum absolute atomic E-state index is 0.0262. The molecule has 1 fully saturated rings. The number of sulfonamides is 1. The molecule has 108 valence electrons. The molecule has 7 heteroatoms. The van der Waals surface area contributed by atoms with Gasteiger partial charge in [0.15, 0.2) is 0 Å². The second-order valence-electron chi connectivity index (χ2n) is 4.93. The second kappa shape index (κ2) is 5.23. The van der Waals surface area contributed by atoms with Gasteiger partial charge in [-0.3, -0.25) is 0 Å². The molecule has 1 atom stereocenters. The van der Waals surface area contributed by atoms with Crippen molar-refractivity contribution in [2.75, 3.05) is 6.54 Å². The number of nitrogens with one attached hydrogen (secondary N) is 1. The Morgan fingerprint density at radius 3 is 2.50 bits per heavy atom. The molecule has 2 aromatic heterocycles. The fraction of sp³-hybridized carbons (Fsp3) is 0.385. The molecule has 1 aliphatic carbocycles. The lowest BCUT2D eigenvalue weighted by atomic mass is 9.96. The first-order valence-corrected chi connectivity index (χ1v) is 9.56. The topological polar surface area (TPSA) is 66.4 Å². The van der Waals surface area contributed by atoms with E-state index in [0.717, 1.165) is 17.7 Å². The van der Waals surface area contributed by atoms with E-state index < -0.39 is 15.6 Å². The van der Waals surface area contributed by atoms with E-state index in [1.165, 1.54) is 22.7 Å². The predicted molar refractivity (Wildman–Crippen MR) is 80.4 cm³/mol. The zero-order valence-electron chi connectivity index (χ0n) is 10.7. The number of hydrogen-bond donors (Lipinski definition) is 2. The van der Waals surface area contributed by atoms with Crippen molar-refractivity contribution < 1.29 is 13.5 Å². The summed E-state index contributed by atoms with van der Waals surface area (Å²) in [5, 5.41) is 14.5. The average molecular weight is 329 g/mol. The highest BCUT2D eigenvalue weighted by atomic mass is 32.2. The highest BCUT2D eigenvalue weighted by molar-refractivity contribution is 7.91. The summed E-state index contributed by atoms with van der Waals surface area (Å²) in [6, 6.07) is 7.00. The molecule has 0 saturated heterocycles. The summed E-state index contributed by atoms with van der Waals surface area (Å²) < 4.78 is 27.1. The van der Waals surface area contributed by atoms with Crippen molar-refractivity contribution in [1.82, 2.24) is 4.72 Å². The van der Waals surface area contributed by atoms with Gasteiger partial charge in [-0.25, -0.2) is 13.1 Å². The standard InChI is InChI=1S/C13H15NO3S3/c15-13(10-5-6-10,11-3-1-7-18-11)9-14-20(16,17)12-4-2-8-19-12/h1-4,7-8,10,14-15H,5-6,9H2/t13-/m0/s1. The van der Waals surface area contributed by atoms with Gasteiger partial charge in [0.1, 0.15) is 9.81 Å². The zero-order valence-corrected chi connectivity index (χ0v) is 13.1. The van der Waals surface area contributed by atoms with Crippen LogP contribution in [0.5, 0.6) is 0 Å². The second-order valence-corrected chi connectivity index (χ2v) is 8.82. The van der Waals surface area contributed by atoms with Gasteiger partial charge >= 0.3 is 0 Å². The Balaban J connectivity index is 1.79. The van der Waals surface area contributed by atoms with Crippen molar-refractivity contribution in [1.29, 1.82) is 0 Å². The van der Waals surface area contributed by atoms with Gasteiger partial charge in [-0.15, -0.1) is 22.7 Å². The number of aliphatic hydroxyl groups is 1. The summed E-state index contributed by atoms with van der Waals surface area (Å²) in [7, 11) is -3.53. The molecule has 0 radical (unpaired) electrons. The largest absolute Gasteiger partial charge is 0.383 e. The molecule has 20 heavy (non-hydrogen) atoms. The van der Waals surface area contributed by atoms with Crippen LogP contribution in [0, 0.1) is 5.92 Å². The summed E-state index contributed by atoms with van der Waals surface area (Å²) in [4.78, 5) is 0.828. The van der Waals surface area contributed by atoms with E-state index in [2.05, 4.69) is 4.72 Å². The summed E-state index contributed by atoms with van der Waals surface area (Å²) in [6.07, 6.45) is 1.88. The molecule has 1 aliphatic rings. The number of thiophene rings is 2. The molecule has 0 aromatic carbocycles. The molecule has 2 aromatic rings. The maximum atomic E-state index is 12.1. The van der Waals surface area contributed by atoms with E-state index in [1.54, 1.807) is 17.5 Å². The van der Waals surface area contributed by atoms with Gasteiger partial charge in [0.05, 0.1) is 0 Å². The van der Waals surface area contributed by atoms with Crippen LogP contribution in [0.4, 0.5) is 0 Å². The van der Waals surface area contributed by atoms with Crippen LogP contribution >= 0.6 is 22.7 Å². The fourth-order valence-corrected chi connectivity index (χ4v) is 5.22. The van der Waals surface area contributed by atoms with E-state index in [4.69, 9.17) is 0 Å². The summed E-state index contributed by atoms with van der Waals surface area (Å²) >= 11 is 2.64. The third kappa shape index (κ3) is 2.68. The Hall–Kier alpha value is -0.730. The number of hydrogen-bond acceptors (Lipinski definition) is 5. The maximum Gasteiger partial charge on any atom is 0.250 e. The minimum Gasteiger partial charge on any atom is -0.383 e. The van der Waals surface area contributed by atoms with Crippen molar-refractivity contribution in [3.8, 4) is 0 Å². The normalized spacial score (nSPS) is 18.9. The monoisotopic (exact) mass is 329 g/mol. The first kappa shape index (κ1) is 14.2. The molecule has 4 nitrogen and oxygen atoms in total. The Morgan fingerprint density at radius 1 is 1.25 bits per heavy atom. The lowest BCUT2D eigenvalue weighted by Crippen LogP contribution is -2.41. The van der Waals surface area contributed by atoms with Crippen LogP contribution in [-0.2, 0) is 15.6 Å². The van der Waals surface area contributed by atoms with Crippen molar-refractivity contribution >= 4 is 32.7 Å².